The van der Waals surface area contributed by atoms with Gasteiger partial charge in [-0.3, -0.25) is 0 Å². The zero-order chi connectivity index (χ0) is 40.6. The number of aliphatic hydroxyl groups excluding tert-OH is 9. The van der Waals surface area contributed by atoms with E-state index in [0.717, 1.165) is 32.1 Å². The van der Waals surface area contributed by atoms with Gasteiger partial charge in [-0.2, -0.15) is 0 Å². The van der Waals surface area contributed by atoms with Crippen LogP contribution in [-0.2, 0) is 18.9 Å². The standard InChI is InChI=1S/C42H72O13/c1-21(2)10-9-14-42(8,55-37-35(51)33(49)31(47)25(20-44)53-37)22-11-16-41(7)29(22)23(45)18-27-39(5)15-13-28(38(3,4)26(39)12-17-40(27,41)6)54-36-34(50)32(48)30(46)24(19-43)52-36/h10,22-37,43-51H,9,11-20H2,1-8H3/t22-,23+,24+,25+,26?,27+,28?,29-,30+,31+,32+,33-,34+,35+,36-,37-,39-,40+,41-,42-/m0/s1. The Hall–Kier alpha value is -0.780. The maximum atomic E-state index is 12.5. The van der Waals surface area contributed by atoms with Gasteiger partial charge in [-0.1, -0.05) is 46.3 Å². The monoisotopic (exact) mass is 784 g/mol. The minimum Gasteiger partial charge on any atom is -0.394 e. The highest BCUT2D eigenvalue weighted by Crippen LogP contribution is 2.76. The predicted molar refractivity (Wildman–Crippen MR) is 201 cm³/mol. The molecule has 2 saturated heterocycles. The van der Waals surface area contributed by atoms with Crippen LogP contribution in [0.2, 0.25) is 0 Å². The van der Waals surface area contributed by atoms with Crippen LogP contribution in [0.4, 0.5) is 0 Å². The second-order valence-corrected chi connectivity index (χ2v) is 20.1. The molecule has 2 unspecified atom stereocenters. The van der Waals surface area contributed by atoms with Gasteiger partial charge in [0.25, 0.3) is 0 Å². The lowest BCUT2D eigenvalue weighted by molar-refractivity contribution is -0.338. The topological polar surface area (TPSA) is 219 Å². The Kier molecular flexibility index (Phi) is 12.5. The summed E-state index contributed by atoms with van der Waals surface area (Å²) >= 11 is 0. The Bertz CT molecular complexity index is 1370. The minimum absolute atomic E-state index is 0.104. The molecule has 9 N–H and O–H groups in total. The summed E-state index contributed by atoms with van der Waals surface area (Å²) in [6.07, 6.45) is -5.39. The molecule has 0 radical (unpaired) electrons. The van der Waals surface area contributed by atoms with E-state index in [4.69, 9.17) is 18.9 Å². The molecular formula is C42H72O13. The van der Waals surface area contributed by atoms with Gasteiger partial charge < -0.3 is 64.9 Å². The first-order valence-electron chi connectivity index (χ1n) is 20.9. The van der Waals surface area contributed by atoms with E-state index < -0.39 is 86.3 Å². The molecule has 20 atom stereocenters. The summed E-state index contributed by atoms with van der Waals surface area (Å²) < 4.78 is 24.9. The molecule has 4 saturated carbocycles. The lowest BCUT2D eigenvalue weighted by Crippen LogP contribution is -2.67. The number of hydrogen-bond donors (Lipinski definition) is 9. The molecular weight excluding hydrogens is 712 g/mol. The molecule has 13 heteroatoms. The highest BCUT2D eigenvalue weighted by molar-refractivity contribution is 5.20. The van der Waals surface area contributed by atoms with Gasteiger partial charge in [0.2, 0.25) is 0 Å². The lowest BCUT2D eigenvalue weighted by atomic mass is 9.35. The molecule has 318 valence electrons. The Morgan fingerprint density at radius 1 is 0.709 bits per heavy atom. The number of ether oxygens (including phenoxy) is 4. The molecule has 13 nitrogen and oxygen atoms in total. The minimum atomic E-state index is -1.55. The normalized spacial score (nSPS) is 52.0. The fourth-order valence-corrected chi connectivity index (χ4v) is 13.4. The quantitative estimate of drug-likeness (QED) is 0.115. The van der Waals surface area contributed by atoms with Crippen molar-refractivity contribution in [3.05, 3.63) is 11.6 Å². The molecule has 2 heterocycles. The Labute approximate surface area is 327 Å². The zero-order valence-corrected chi connectivity index (χ0v) is 34.3. The van der Waals surface area contributed by atoms with Gasteiger partial charge in [-0.05, 0) is 124 Å². The van der Waals surface area contributed by atoms with Crippen LogP contribution < -0.4 is 0 Å². The zero-order valence-electron chi connectivity index (χ0n) is 34.3. The van der Waals surface area contributed by atoms with Gasteiger partial charge in [-0.25, -0.2) is 0 Å². The van der Waals surface area contributed by atoms with Gasteiger partial charge >= 0.3 is 0 Å². The van der Waals surface area contributed by atoms with Crippen molar-refractivity contribution in [3.8, 4) is 0 Å². The Morgan fingerprint density at radius 2 is 1.27 bits per heavy atom. The summed E-state index contributed by atoms with van der Waals surface area (Å²) in [6, 6.07) is 0. The molecule has 0 aromatic rings. The fourth-order valence-electron chi connectivity index (χ4n) is 13.4. The molecule has 0 aromatic carbocycles. The van der Waals surface area contributed by atoms with Crippen LogP contribution in [-0.4, -0.2) is 138 Å². The second kappa shape index (κ2) is 15.7. The van der Waals surface area contributed by atoms with E-state index in [9.17, 15) is 46.0 Å². The molecule has 4 aliphatic carbocycles. The van der Waals surface area contributed by atoms with Crippen LogP contribution in [0.1, 0.15) is 113 Å². The van der Waals surface area contributed by atoms with Crippen molar-refractivity contribution >= 4 is 0 Å². The average Bonchev–Trinajstić information content (AvgIpc) is 3.51. The smallest absolute Gasteiger partial charge is 0.187 e. The first kappa shape index (κ1) is 43.8. The molecule has 0 amide bonds. The number of aliphatic hydroxyl groups is 9. The number of rotatable bonds is 10. The Morgan fingerprint density at radius 3 is 1.85 bits per heavy atom. The summed E-state index contributed by atoms with van der Waals surface area (Å²) in [5.41, 5.74) is -0.592. The van der Waals surface area contributed by atoms with Crippen LogP contribution in [0.5, 0.6) is 0 Å². The average molecular weight is 785 g/mol. The third kappa shape index (κ3) is 7.10. The van der Waals surface area contributed by atoms with Crippen LogP contribution in [0.15, 0.2) is 11.6 Å². The highest BCUT2D eigenvalue weighted by Gasteiger charge is 2.72. The van der Waals surface area contributed by atoms with Crippen LogP contribution >= 0.6 is 0 Å². The van der Waals surface area contributed by atoms with E-state index in [1.54, 1.807) is 0 Å². The number of hydrogen-bond acceptors (Lipinski definition) is 13. The third-order valence-corrected chi connectivity index (χ3v) is 16.7. The third-order valence-electron chi connectivity index (χ3n) is 16.7. The van der Waals surface area contributed by atoms with Crippen molar-refractivity contribution < 1.29 is 64.9 Å². The largest absolute Gasteiger partial charge is 0.394 e. The van der Waals surface area contributed by atoms with E-state index in [2.05, 4.69) is 40.7 Å². The van der Waals surface area contributed by atoms with Crippen molar-refractivity contribution in [2.75, 3.05) is 13.2 Å². The summed E-state index contributed by atoms with van der Waals surface area (Å²) in [7, 11) is 0. The van der Waals surface area contributed by atoms with Crippen molar-refractivity contribution in [3.63, 3.8) is 0 Å². The molecule has 0 spiro atoms. The summed E-state index contributed by atoms with van der Waals surface area (Å²) in [5, 5.41) is 95.9. The first-order valence-corrected chi connectivity index (χ1v) is 20.9. The molecule has 2 aliphatic heterocycles. The second-order valence-electron chi connectivity index (χ2n) is 20.1. The van der Waals surface area contributed by atoms with Crippen LogP contribution in [0.3, 0.4) is 0 Å². The van der Waals surface area contributed by atoms with Crippen LogP contribution in [0.25, 0.3) is 0 Å². The fraction of sp³-hybridized carbons (Fsp3) is 0.952. The molecule has 0 aromatic heterocycles. The van der Waals surface area contributed by atoms with Gasteiger partial charge in [-0.15, -0.1) is 0 Å². The predicted octanol–water partition coefficient (Wildman–Crippen LogP) is 2.15. The highest BCUT2D eigenvalue weighted by atomic mass is 16.7. The Balaban J connectivity index is 1.26. The molecule has 55 heavy (non-hydrogen) atoms. The van der Waals surface area contributed by atoms with E-state index in [1.165, 1.54) is 5.57 Å². The van der Waals surface area contributed by atoms with Crippen LogP contribution in [0, 0.1) is 45.3 Å². The van der Waals surface area contributed by atoms with Crippen molar-refractivity contribution in [1.29, 1.82) is 0 Å². The summed E-state index contributed by atoms with van der Waals surface area (Å²) in [5.74, 6) is 0.196. The van der Waals surface area contributed by atoms with Crippen molar-refractivity contribution in [2.24, 2.45) is 45.3 Å². The van der Waals surface area contributed by atoms with Gasteiger partial charge in [0.1, 0.15) is 48.8 Å². The molecule has 6 rings (SSSR count). The summed E-state index contributed by atoms with van der Waals surface area (Å²) in [4.78, 5) is 0. The molecule has 0 bridgehead atoms. The van der Waals surface area contributed by atoms with E-state index in [1.807, 2.05) is 20.8 Å². The van der Waals surface area contributed by atoms with Crippen molar-refractivity contribution in [2.45, 2.75) is 192 Å². The van der Waals surface area contributed by atoms with Gasteiger partial charge in [0.15, 0.2) is 12.6 Å². The van der Waals surface area contributed by atoms with Crippen molar-refractivity contribution in [1.82, 2.24) is 0 Å². The SMILES string of the molecule is CC(C)=CCC[C@](C)(O[C@@H]1O[C@H](CO)[C@@H](O)[C@H](O)[C@H]1O)[C@H]1CC[C@@]2(C)[C@@H]1[C@H](O)C[C@@H]1[C@@]3(C)CCC(O[C@@H]4O[C@H](CO)[C@@H](O)[C@@H](O)[C@H]4O)C(C)(C)C3CC[C@]12C. The molecule has 6 fully saturated rings. The maximum absolute atomic E-state index is 12.5. The van der Waals surface area contributed by atoms with E-state index in [0.29, 0.717) is 25.7 Å². The molecule has 6 aliphatic rings. The maximum Gasteiger partial charge on any atom is 0.187 e. The number of allylic oxidation sites excluding steroid dienone is 2. The lowest BCUT2D eigenvalue weighted by Gasteiger charge is -2.71. The van der Waals surface area contributed by atoms with Gasteiger partial charge in [0, 0.05) is 0 Å². The first-order chi connectivity index (χ1) is 25.6. The van der Waals surface area contributed by atoms with E-state index >= 15 is 0 Å². The summed E-state index contributed by atoms with van der Waals surface area (Å²) in [6.45, 7) is 16.6. The van der Waals surface area contributed by atoms with E-state index in [-0.39, 0.29) is 51.4 Å². The van der Waals surface area contributed by atoms with Gasteiger partial charge in [0.05, 0.1) is 31.0 Å². The number of fused-ring (bicyclic) bond motifs is 5.